The average Bonchev–Trinajstić information content (AvgIpc) is 2.92. The molecule has 3 fully saturated rings. The Morgan fingerprint density at radius 2 is 1.62 bits per heavy atom. The van der Waals surface area contributed by atoms with Crippen LogP contribution in [-0.4, -0.2) is 85.7 Å². The van der Waals surface area contributed by atoms with Gasteiger partial charge in [0.2, 0.25) is 0 Å². The summed E-state index contributed by atoms with van der Waals surface area (Å²) < 4.78 is 17.2. The zero-order valence-electron chi connectivity index (χ0n) is 23.2. The molecule has 5 nitrogen and oxygen atoms in total. The predicted octanol–water partition coefficient (Wildman–Crippen LogP) is 4.88. The minimum absolute atomic E-state index is 0.178. The maximum absolute atomic E-state index is 11.9. The molecule has 0 saturated carbocycles. The van der Waals surface area contributed by atoms with Gasteiger partial charge in [-0.1, -0.05) is 30.3 Å². The maximum Gasteiger partial charge on any atom is 0.123 e. The van der Waals surface area contributed by atoms with Gasteiger partial charge in [0.15, 0.2) is 0 Å². The van der Waals surface area contributed by atoms with Crippen molar-refractivity contribution in [3.05, 3.63) is 66.0 Å². The van der Waals surface area contributed by atoms with Crippen LogP contribution in [0, 0.1) is 11.7 Å². The van der Waals surface area contributed by atoms with Crippen LogP contribution in [0.2, 0.25) is 0 Å². The van der Waals surface area contributed by atoms with Gasteiger partial charge in [0.25, 0.3) is 0 Å². The highest BCUT2D eigenvalue weighted by atomic mass is 19.1. The molecule has 2 aromatic carbocycles. The fourth-order valence-corrected chi connectivity index (χ4v) is 6.10. The second kappa shape index (κ2) is 13.7. The number of methoxy groups -OCH3 is 1. The third-order valence-electron chi connectivity index (χ3n) is 8.71. The number of rotatable bonds is 6. The monoisotopic (exact) mass is 510 g/mol. The Labute approximate surface area is 224 Å². The van der Waals surface area contributed by atoms with Gasteiger partial charge >= 0.3 is 0 Å². The first-order valence-electron chi connectivity index (χ1n) is 14.2. The van der Waals surface area contributed by atoms with E-state index in [2.05, 4.69) is 58.1 Å². The van der Waals surface area contributed by atoms with Gasteiger partial charge in [0.1, 0.15) is 11.6 Å². The summed E-state index contributed by atoms with van der Waals surface area (Å²) in [7, 11) is 1.73. The zero-order valence-corrected chi connectivity index (χ0v) is 23.2. The van der Waals surface area contributed by atoms with Crippen molar-refractivity contribution in [2.75, 3.05) is 59.5 Å². The molecule has 3 saturated heterocycles. The number of benzene rings is 2. The molecular weight excluding hydrogens is 463 g/mol. The lowest BCUT2D eigenvalue weighted by molar-refractivity contribution is -0.0106. The van der Waals surface area contributed by atoms with Crippen molar-refractivity contribution in [2.24, 2.45) is 5.92 Å². The third kappa shape index (κ3) is 8.25. The normalized spacial score (nSPS) is 23.7. The minimum Gasteiger partial charge on any atom is -0.497 e. The van der Waals surface area contributed by atoms with Crippen LogP contribution in [0.1, 0.15) is 45.1 Å². The Kier molecular flexibility index (Phi) is 10.4. The van der Waals surface area contributed by atoms with Crippen LogP contribution in [0.25, 0.3) is 0 Å². The molecule has 0 amide bonds. The number of nitrogens with one attached hydrogen (secondary N) is 1. The number of hydrogen-bond acceptors (Lipinski definition) is 5. The number of nitrogens with zero attached hydrogens (tertiary/aromatic N) is 3. The van der Waals surface area contributed by atoms with E-state index in [4.69, 9.17) is 4.74 Å². The molecule has 3 heterocycles. The van der Waals surface area contributed by atoms with Gasteiger partial charge in [-0.05, 0) is 101 Å². The van der Waals surface area contributed by atoms with Gasteiger partial charge in [-0.25, -0.2) is 4.39 Å². The molecule has 2 aromatic rings. The lowest BCUT2D eigenvalue weighted by Gasteiger charge is -2.51. The first-order valence-corrected chi connectivity index (χ1v) is 14.2. The molecule has 1 N–H and O–H groups in total. The summed E-state index contributed by atoms with van der Waals surface area (Å²) in [6.45, 7) is 15.9. The molecule has 3 aliphatic rings. The summed E-state index contributed by atoms with van der Waals surface area (Å²) in [4.78, 5) is 8.20. The lowest BCUT2D eigenvalue weighted by Crippen LogP contribution is -2.62. The van der Waals surface area contributed by atoms with Gasteiger partial charge in [-0.3, -0.25) is 14.7 Å². The van der Waals surface area contributed by atoms with Crippen molar-refractivity contribution >= 4 is 0 Å². The van der Waals surface area contributed by atoms with E-state index in [1.165, 1.54) is 95.7 Å². The van der Waals surface area contributed by atoms with Gasteiger partial charge in [0.05, 0.1) is 7.11 Å². The molecule has 1 unspecified atom stereocenters. The topological polar surface area (TPSA) is 31.0 Å². The molecule has 1 atom stereocenters. The van der Waals surface area contributed by atoms with Crippen molar-refractivity contribution < 1.29 is 9.13 Å². The summed E-state index contributed by atoms with van der Waals surface area (Å²) in [5.41, 5.74) is 1.81. The summed E-state index contributed by atoms with van der Waals surface area (Å²) in [5.74, 6) is 1.63. The standard InChI is InChI=1S/C25H42N4O.C6H5F/c1-21-18-29(25(2)10-12-26-13-11-25)17-16-28(21)20-23-8-14-27(15-9-23)19-22-4-6-24(30-3)7-5-22;7-6-4-2-1-3-5-6/h4-7,21,23,26H,8-20H2,1-3H3;1-5H. The number of piperazine rings is 1. The molecule has 5 rings (SSSR count). The molecule has 6 heteroatoms. The Balaban J connectivity index is 0.000000396. The highest BCUT2D eigenvalue weighted by Crippen LogP contribution is 2.29. The molecule has 37 heavy (non-hydrogen) atoms. The molecule has 0 aromatic heterocycles. The Morgan fingerprint density at radius 1 is 0.946 bits per heavy atom. The fourth-order valence-electron chi connectivity index (χ4n) is 6.10. The van der Waals surface area contributed by atoms with Crippen LogP contribution in [0.5, 0.6) is 5.75 Å². The zero-order chi connectivity index (χ0) is 26.1. The van der Waals surface area contributed by atoms with Crippen molar-refractivity contribution in [3.63, 3.8) is 0 Å². The largest absolute Gasteiger partial charge is 0.497 e. The minimum atomic E-state index is -0.178. The van der Waals surface area contributed by atoms with Crippen LogP contribution in [0.4, 0.5) is 4.39 Å². The maximum atomic E-state index is 11.9. The van der Waals surface area contributed by atoms with Crippen molar-refractivity contribution in [2.45, 2.75) is 57.7 Å². The van der Waals surface area contributed by atoms with Crippen LogP contribution < -0.4 is 10.1 Å². The first kappa shape index (κ1) is 28.0. The van der Waals surface area contributed by atoms with Gasteiger partial charge < -0.3 is 10.1 Å². The highest BCUT2D eigenvalue weighted by Gasteiger charge is 2.37. The fraction of sp³-hybridized carbons (Fsp3) is 0.613. The molecule has 0 bridgehead atoms. The summed E-state index contributed by atoms with van der Waals surface area (Å²) in [5, 5.41) is 3.53. The number of halogens is 1. The molecule has 204 valence electrons. The highest BCUT2D eigenvalue weighted by molar-refractivity contribution is 5.27. The summed E-state index contributed by atoms with van der Waals surface area (Å²) in [6.07, 6.45) is 5.28. The number of hydrogen-bond donors (Lipinski definition) is 1. The number of likely N-dealkylation sites (tertiary alicyclic amines) is 1. The Morgan fingerprint density at radius 3 is 2.19 bits per heavy atom. The smallest absolute Gasteiger partial charge is 0.123 e. The van der Waals surface area contributed by atoms with Crippen molar-refractivity contribution in [1.82, 2.24) is 20.0 Å². The quantitative estimate of drug-likeness (QED) is 0.599. The van der Waals surface area contributed by atoms with Crippen LogP contribution in [-0.2, 0) is 6.54 Å². The molecule has 0 aliphatic carbocycles. The summed E-state index contributed by atoms with van der Waals surface area (Å²) in [6, 6.07) is 17.2. The second-order valence-electron chi connectivity index (χ2n) is 11.4. The number of piperidine rings is 2. The predicted molar refractivity (Wildman–Crippen MR) is 151 cm³/mol. The van der Waals surface area contributed by atoms with Crippen LogP contribution in [0.3, 0.4) is 0 Å². The first-order chi connectivity index (χ1) is 17.9. The van der Waals surface area contributed by atoms with Gasteiger partial charge in [-0.15, -0.1) is 0 Å². The Hall–Kier alpha value is -1.99. The van der Waals surface area contributed by atoms with E-state index >= 15 is 0 Å². The van der Waals surface area contributed by atoms with Crippen molar-refractivity contribution in [1.29, 1.82) is 0 Å². The van der Waals surface area contributed by atoms with Gasteiger partial charge in [0, 0.05) is 44.3 Å². The average molecular weight is 511 g/mol. The van der Waals surface area contributed by atoms with E-state index in [1.54, 1.807) is 25.3 Å². The Bertz CT molecular complexity index is 911. The SMILES string of the molecule is COc1ccc(CN2CCC(CN3CCN(C4(C)CCNCC4)CC3C)CC2)cc1.Fc1ccccc1. The van der Waals surface area contributed by atoms with E-state index in [0.29, 0.717) is 11.6 Å². The van der Waals surface area contributed by atoms with Crippen LogP contribution in [0.15, 0.2) is 54.6 Å². The van der Waals surface area contributed by atoms with Gasteiger partial charge in [-0.2, -0.15) is 0 Å². The molecular formula is C31H47FN4O. The van der Waals surface area contributed by atoms with E-state index in [1.807, 2.05) is 0 Å². The van der Waals surface area contributed by atoms with E-state index < -0.39 is 0 Å². The molecule has 0 spiro atoms. The summed E-state index contributed by atoms with van der Waals surface area (Å²) >= 11 is 0. The number of ether oxygens (including phenoxy) is 1. The third-order valence-corrected chi connectivity index (χ3v) is 8.71. The second-order valence-corrected chi connectivity index (χ2v) is 11.4. The van der Waals surface area contributed by atoms with Crippen LogP contribution >= 0.6 is 0 Å². The van der Waals surface area contributed by atoms with E-state index in [9.17, 15) is 4.39 Å². The van der Waals surface area contributed by atoms with E-state index in [0.717, 1.165) is 18.2 Å². The lowest BCUT2D eigenvalue weighted by atomic mass is 9.87. The molecule has 0 radical (unpaired) electrons. The van der Waals surface area contributed by atoms with E-state index in [-0.39, 0.29) is 5.82 Å². The molecule has 3 aliphatic heterocycles. The van der Waals surface area contributed by atoms with Crippen molar-refractivity contribution in [3.8, 4) is 5.75 Å².